The van der Waals surface area contributed by atoms with Gasteiger partial charge in [-0.1, -0.05) is 38.6 Å². The Morgan fingerprint density at radius 2 is 1.90 bits per heavy atom. The lowest BCUT2D eigenvalue weighted by atomic mass is 9.91. The molecular weight excluding hydrogens is 392 g/mol. The molecule has 1 heterocycles. The molecule has 7 nitrogen and oxygen atoms in total. The topological polar surface area (TPSA) is 84.9 Å². The number of ketones is 1. The summed E-state index contributed by atoms with van der Waals surface area (Å²) < 4.78 is 10.5. The first kappa shape index (κ1) is 22.8. The highest BCUT2D eigenvalue weighted by Crippen LogP contribution is 2.30. The average Bonchev–Trinajstić information content (AvgIpc) is 3.00. The van der Waals surface area contributed by atoms with Gasteiger partial charge in [-0.3, -0.25) is 19.3 Å². The minimum absolute atomic E-state index is 0.0754. The summed E-state index contributed by atoms with van der Waals surface area (Å²) in [6.07, 6.45) is 2.08. The fourth-order valence-electron chi connectivity index (χ4n) is 2.61. The van der Waals surface area contributed by atoms with Crippen molar-refractivity contribution in [3.05, 3.63) is 34.9 Å². The molecule has 0 radical (unpaired) electrons. The summed E-state index contributed by atoms with van der Waals surface area (Å²) in [6.45, 7) is 5.78. The third-order valence-corrected chi connectivity index (χ3v) is 5.42. The molecule has 1 saturated heterocycles. The molecule has 1 N–H and O–H groups in total. The van der Waals surface area contributed by atoms with Crippen LogP contribution in [0.3, 0.4) is 0 Å². The van der Waals surface area contributed by atoms with Crippen molar-refractivity contribution in [1.82, 2.24) is 10.2 Å². The van der Waals surface area contributed by atoms with E-state index in [0.29, 0.717) is 29.5 Å². The summed E-state index contributed by atoms with van der Waals surface area (Å²) in [7, 11) is 3.15. The predicted molar refractivity (Wildman–Crippen MR) is 113 cm³/mol. The first-order valence-electron chi connectivity index (χ1n) is 9.32. The van der Waals surface area contributed by atoms with Gasteiger partial charge in [0.05, 0.1) is 25.0 Å². The smallest absolute Gasteiger partial charge is 0.240 e. The Morgan fingerprint density at radius 3 is 2.52 bits per heavy atom. The fourth-order valence-corrected chi connectivity index (χ4v) is 3.55. The second kappa shape index (κ2) is 9.82. The standard InChI is InChI=1S/C21H28N2O5S/c1-21(2,3)17(24)11-20-23(19(26)13-29-20)12-18(25)22-9-8-14-6-7-15(27-4)16(10-14)28-5/h6-7,10-11H,8-9,12-13H2,1-5H3,(H,22,25)/b20-11-. The van der Waals surface area contributed by atoms with Gasteiger partial charge in [-0.15, -0.1) is 0 Å². The van der Waals surface area contributed by atoms with Crippen LogP contribution in [0.25, 0.3) is 0 Å². The van der Waals surface area contributed by atoms with Crippen LogP contribution in [0.5, 0.6) is 11.5 Å². The molecule has 1 aliphatic rings. The number of amides is 2. The molecule has 2 rings (SSSR count). The zero-order valence-corrected chi connectivity index (χ0v) is 18.4. The van der Waals surface area contributed by atoms with Crippen LogP contribution in [0.15, 0.2) is 29.3 Å². The largest absolute Gasteiger partial charge is 0.493 e. The van der Waals surface area contributed by atoms with Crippen LogP contribution < -0.4 is 14.8 Å². The van der Waals surface area contributed by atoms with Crippen molar-refractivity contribution in [1.29, 1.82) is 0 Å². The predicted octanol–water partition coefficient (Wildman–Crippen LogP) is 2.39. The fraction of sp³-hybridized carbons (Fsp3) is 0.476. The number of thioether (sulfide) groups is 1. The second-order valence-electron chi connectivity index (χ2n) is 7.65. The number of benzene rings is 1. The van der Waals surface area contributed by atoms with Crippen LogP contribution in [-0.2, 0) is 20.8 Å². The Labute approximate surface area is 175 Å². The number of carbonyl (C=O) groups is 3. The van der Waals surface area contributed by atoms with Crippen molar-refractivity contribution >= 4 is 29.4 Å². The molecule has 0 unspecified atom stereocenters. The van der Waals surface area contributed by atoms with Crippen molar-refractivity contribution in [2.75, 3.05) is 33.1 Å². The Bertz CT molecular complexity index is 814. The molecule has 0 atom stereocenters. The summed E-state index contributed by atoms with van der Waals surface area (Å²) in [6, 6.07) is 5.59. The minimum Gasteiger partial charge on any atom is -0.493 e. The summed E-state index contributed by atoms with van der Waals surface area (Å²) in [5, 5.41) is 3.35. The van der Waals surface area contributed by atoms with Crippen molar-refractivity contribution in [3.63, 3.8) is 0 Å². The number of nitrogens with zero attached hydrogens (tertiary/aromatic N) is 1. The highest BCUT2D eigenvalue weighted by molar-refractivity contribution is 8.04. The highest BCUT2D eigenvalue weighted by Gasteiger charge is 2.30. The number of hydrogen-bond acceptors (Lipinski definition) is 6. The molecule has 1 aromatic rings. The quantitative estimate of drug-likeness (QED) is 0.650. The molecule has 8 heteroatoms. The van der Waals surface area contributed by atoms with Crippen molar-refractivity contribution < 1.29 is 23.9 Å². The van der Waals surface area contributed by atoms with Gasteiger partial charge in [0.25, 0.3) is 0 Å². The monoisotopic (exact) mass is 420 g/mol. The highest BCUT2D eigenvalue weighted by atomic mass is 32.2. The molecule has 0 saturated carbocycles. The summed E-state index contributed by atoms with van der Waals surface area (Å²) in [4.78, 5) is 38.1. The van der Waals surface area contributed by atoms with Gasteiger partial charge < -0.3 is 14.8 Å². The Hall–Kier alpha value is -2.48. The van der Waals surface area contributed by atoms with E-state index in [9.17, 15) is 14.4 Å². The van der Waals surface area contributed by atoms with Crippen LogP contribution in [0.4, 0.5) is 0 Å². The van der Waals surface area contributed by atoms with E-state index in [1.807, 2.05) is 39.0 Å². The second-order valence-corrected chi connectivity index (χ2v) is 8.65. The SMILES string of the molecule is COc1ccc(CCNC(=O)CN2C(=O)CS/C2=C\C(=O)C(C)(C)C)cc1OC. The first-order chi connectivity index (χ1) is 13.7. The van der Waals surface area contributed by atoms with Crippen molar-refractivity contribution in [2.24, 2.45) is 5.41 Å². The average molecular weight is 421 g/mol. The van der Waals surface area contributed by atoms with E-state index >= 15 is 0 Å². The maximum Gasteiger partial charge on any atom is 0.240 e. The summed E-state index contributed by atoms with van der Waals surface area (Å²) >= 11 is 1.28. The van der Waals surface area contributed by atoms with Gasteiger partial charge in [0.15, 0.2) is 17.3 Å². The van der Waals surface area contributed by atoms with Gasteiger partial charge in [-0.05, 0) is 24.1 Å². The number of allylic oxidation sites excluding steroid dienone is 1. The zero-order chi connectivity index (χ0) is 21.6. The normalized spacial score (nSPS) is 15.6. The maximum atomic E-state index is 12.3. The van der Waals surface area contributed by atoms with Gasteiger partial charge in [-0.2, -0.15) is 0 Å². The third kappa shape index (κ3) is 6.25. The molecule has 1 fully saturated rings. The molecular formula is C21H28N2O5S. The lowest BCUT2D eigenvalue weighted by molar-refractivity contribution is -0.131. The molecule has 0 aromatic heterocycles. The van der Waals surface area contributed by atoms with Gasteiger partial charge in [0, 0.05) is 18.0 Å². The minimum atomic E-state index is -0.535. The van der Waals surface area contributed by atoms with Gasteiger partial charge in [0.1, 0.15) is 6.54 Å². The van der Waals surface area contributed by atoms with Crippen LogP contribution in [-0.4, -0.2) is 55.6 Å². The molecule has 158 valence electrons. The number of methoxy groups -OCH3 is 2. The van der Waals surface area contributed by atoms with Gasteiger partial charge in [0.2, 0.25) is 11.8 Å². The van der Waals surface area contributed by atoms with E-state index in [1.165, 1.54) is 22.7 Å². The van der Waals surface area contributed by atoms with Crippen LogP contribution in [0, 0.1) is 5.41 Å². The number of carbonyl (C=O) groups excluding carboxylic acids is 3. The molecule has 0 bridgehead atoms. The van der Waals surface area contributed by atoms with Crippen LogP contribution in [0.1, 0.15) is 26.3 Å². The molecule has 0 aliphatic carbocycles. The molecule has 29 heavy (non-hydrogen) atoms. The molecule has 0 spiro atoms. The summed E-state index contributed by atoms with van der Waals surface area (Å²) in [5.74, 6) is 1.01. The molecule has 1 aromatic carbocycles. The third-order valence-electron chi connectivity index (χ3n) is 4.39. The van der Waals surface area contributed by atoms with E-state index in [1.54, 1.807) is 14.2 Å². The maximum absolute atomic E-state index is 12.3. The zero-order valence-electron chi connectivity index (χ0n) is 17.5. The van der Waals surface area contributed by atoms with Crippen LogP contribution in [0.2, 0.25) is 0 Å². The number of rotatable bonds is 8. The van der Waals surface area contributed by atoms with E-state index in [4.69, 9.17) is 9.47 Å². The molecule has 2 amide bonds. The van der Waals surface area contributed by atoms with Gasteiger partial charge in [-0.25, -0.2) is 0 Å². The Morgan fingerprint density at radius 1 is 1.21 bits per heavy atom. The van der Waals surface area contributed by atoms with E-state index < -0.39 is 5.41 Å². The number of ether oxygens (including phenoxy) is 2. The lowest BCUT2D eigenvalue weighted by Gasteiger charge is -2.19. The van der Waals surface area contributed by atoms with E-state index in [0.717, 1.165) is 5.56 Å². The summed E-state index contributed by atoms with van der Waals surface area (Å²) in [5.41, 5.74) is 0.458. The Kier molecular flexibility index (Phi) is 7.73. The van der Waals surface area contributed by atoms with Crippen LogP contribution >= 0.6 is 11.8 Å². The number of hydrogen-bond donors (Lipinski definition) is 1. The first-order valence-corrected chi connectivity index (χ1v) is 10.3. The van der Waals surface area contributed by atoms with Gasteiger partial charge >= 0.3 is 0 Å². The van der Waals surface area contributed by atoms with E-state index in [2.05, 4.69) is 5.32 Å². The van der Waals surface area contributed by atoms with Crippen molar-refractivity contribution in [2.45, 2.75) is 27.2 Å². The van der Waals surface area contributed by atoms with E-state index in [-0.39, 0.29) is 29.9 Å². The molecule has 1 aliphatic heterocycles. The van der Waals surface area contributed by atoms with Crippen molar-refractivity contribution in [3.8, 4) is 11.5 Å². The Balaban J connectivity index is 1.92. The lowest BCUT2D eigenvalue weighted by Crippen LogP contribution is -2.38. The number of nitrogens with one attached hydrogen (secondary N) is 1.